The highest BCUT2D eigenvalue weighted by Crippen LogP contribution is 2.64. The van der Waals surface area contributed by atoms with Gasteiger partial charge in [-0.2, -0.15) is 0 Å². The van der Waals surface area contributed by atoms with Crippen LogP contribution in [0.4, 0.5) is 0 Å². The van der Waals surface area contributed by atoms with E-state index in [1.54, 1.807) is 0 Å². The first kappa shape index (κ1) is 15.9. The van der Waals surface area contributed by atoms with E-state index >= 15 is 0 Å². The third-order valence-corrected chi connectivity index (χ3v) is 8.75. The number of likely N-dealkylation sites (tertiary alicyclic amines) is 1. The van der Waals surface area contributed by atoms with Crippen LogP contribution in [0.1, 0.15) is 65.7 Å². The smallest absolute Gasteiger partial charge is 0.225 e. The topological polar surface area (TPSA) is 40.5 Å². The van der Waals surface area contributed by atoms with E-state index in [4.69, 9.17) is 0 Å². The zero-order chi connectivity index (χ0) is 16.6. The minimum absolute atomic E-state index is 0.0893. The maximum Gasteiger partial charge on any atom is 0.225 e. The maximum absolute atomic E-state index is 12.5. The van der Waals surface area contributed by atoms with Crippen molar-refractivity contribution in [3.63, 3.8) is 0 Å². The van der Waals surface area contributed by atoms with Gasteiger partial charge in [0.1, 0.15) is 0 Å². The molecule has 0 radical (unpaired) electrons. The number of piperidine rings is 1. The second-order valence-corrected chi connectivity index (χ2v) is 9.67. The highest BCUT2D eigenvalue weighted by molar-refractivity contribution is 5.79. The summed E-state index contributed by atoms with van der Waals surface area (Å²) < 4.78 is 0. The minimum atomic E-state index is -0.0893. The number of aliphatic hydroxyl groups is 1. The Morgan fingerprint density at radius 2 is 1.74 bits per heavy atom. The van der Waals surface area contributed by atoms with Crippen molar-refractivity contribution in [1.82, 2.24) is 4.90 Å². The van der Waals surface area contributed by atoms with Crippen molar-refractivity contribution >= 4 is 5.91 Å². The van der Waals surface area contributed by atoms with Crippen LogP contribution in [0.5, 0.6) is 0 Å². The second-order valence-electron chi connectivity index (χ2n) is 9.67. The SMILES string of the molecule is CC1C[C@@]2(C)C(CC[C@@H]3[C@H]2CC[C@]2(C)C(O)CC[C@@H]32)N(C)C1=O. The summed E-state index contributed by atoms with van der Waals surface area (Å²) in [7, 11) is 2.04. The summed E-state index contributed by atoms with van der Waals surface area (Å²) in [6, 6.07) is 0.433. The Balaban J connectivity index is 1.67. The van der Waals surface area contributed by atoms with E-state index in [-0.39, 0.29) is 22.9 Å². The van der Waals surface area contributed by atoms with Gasteiger partial charge in [0.25, 0.3) is 0 Å². The standard InChI is InChI=1S/C20H33NO2/c1-12-11-20(3)15-9-10-19(2)14(6-8-17(19)22)13(15)5-7-16(20)21(4)18(12)23/h12-17,22H,5-11H2,1-4H3/t12?,13-,14-,15+,16?,17?,19-,20+/m0/s1. The normalized spacial score (nSPS) is 56.0. The van der Waals surface area contributed by atoms with Crippen molar-refractivity contribution in [3.8, 4) is 0 Å². The van der Waals surface area contributed by atoms with Crippen LogP contribution in [-0.2, 0) is 4.79 Å². The van der Waals surface area contributed by atoms with E-state index < -0.39 is 0 Å². The van der Waals surface area contributed by atoms with Gasteiger partial charge in [-0.05, 0) is 73.5 Å². The van der Waals surface area contributed by atoms with Gasteiger partial charge in [0.2, 0.25) is 5.91 Å². The predicted molar refractivity (Wildman–Crippen MR) is 90.7 cm³/mol. The van der Waals surface area contributed by atoms with Gasteiger partial charge in [-0.15, -0.1) is 0 Å². The lowest BCUT2D eigenvalue weighted by molar-refractivity contribution is -0.167. The molecule has 1 saturated heterocycles. The first-order valence-electron chi connectivity index (χ1n) is 9.74. The zero-order valence-corrected chi connectivity index (χ0v) is 15.2. The Kier molecular flexibility index (Phi) is 3.44. The van der Waals surface area contributed by atoms with Gasteiger partial charge in [-0.3, -0.25) is 4.79 Å². The van der Waals surface area contributed by atoms with Gasteiger partial charge in [-0.1, -0.05) is 20.8 Å². The molecule has 4 rings (SSSR count). The number of hydrogen-bond donors (Lipinski definition) is 1. The van der Waals surface area contributed by atoms with E-state index in [0.717, 1.165) is 31.1 Å². The zero-order valence-electron chi connectivity index (χ0n) is 15.2. The average Bonchev–Trinajstić information content (AvgIpc) is 2.80. The van der Waals surface area contributed by atoms with E-state index in [1.807, 2.05) is 7.05 Å². The molecule has 3 saturated carbocycles. The minimum Gasteiger partial charge on any atom is -0.393 e. The number of fused-ring (bicyclic) bond motifs is 5. The van der Waals surface area contributed by atoms with Crippen molar-refractivity contribution < 1.29 is 9.90 Å². The highest BCUT2D eigenvalue weighted by atomic mass is 16.3. The van der Waals surface area contributed by atoms with Crippen LogP contribution in [0.25, 0.3) is 0 Å². The number of amides is 1. The van der Waals surface area contributed by atoms with Gasteiger partial charge in [0, 0.05) is 19.0 Å². The lowest BCUT2D eigenvalue weighted by Gasteiger charge is -2.62. The van der Waals surface area contributed by atoms with Gasteiger partial charge < -0.3 is 10.0 Å². The summed E-state index contributed by atoms with van der Waals surface area (Å²) in [5.74, 6) is 2.72. The first-order chi connectivity index (χ1) is 10.8. The molecular formula is C20H33NO2. The van der Waals surface area contributed by atoms with Crippen molar-refractivity contribution in [2.75, 3.05) is 7.05 Å². The fourth-order valence-electron chi connectivity index (χ4n) is 7.58. The van der Waals surface area contributed by atoms with E-state index in [2.05, 4.69) is 25.7 Å². The molecule has 0 bridgehead atoms. The van der Waals surface area contributed by atoms with Crippen LogP contribution >= 0.6 is 0 Å². The molecule has 0 spiro atoms. The monoisotopic (exact) mass is 319 g/mol. The molecule has 3 heteroatoms. The molecule has 1 aliphatic heterocycles. The Hall–Kier alpha value is -0.570. The molecule has 23 heavy (non-hydrogen) atoms. The summed E-state index contributed by atoms with van der Waals surface area (Å²) in [5, 5.41) is 10.5. The lowest BCUT2D eigenvalue weighted by Crippen LogP contribution is -2.63. The van der Waals surface area contributed by atoms with Crippen molar-refractivity contribution in [1.29, 1.82) is 0 Å². The fourth-order valence-corrected chi connectivity index (χ4v) is 7.58. The largest absolute Gasteiger partial charge is 0.393 e. The van der Waals surface area contributed by atoms with Gasteiger partial charge >= 0.3 is 0 Å². The lowest BCUT2D eigenvalue weighted by atomic mass is 9.47. The summed E-state index contributed by atoms with van der Waals surface area (Å²) in [6.07, 6.45) is 8.02. The number of carbonyl (C=O) groups is 1. The molecule has 3 unspecified atom stereocenters. The Labute approximate surface area is 140 Å². The van der Waals surface area contributed by atoms with Crippen LogP contribution in [0, 0.1) is 34.5 Å². The molecule has 1 amide bonds. The van der Waals surface area contributed by atoms with Crippen LogP contribution in [0.2, 0.25) is 0 Å². The van der Waals surface area contributed by atoms with Crippen LogP contribution in [0.3, 0.4) is 0 Å². The Morgan fingerprint density at radius 3 is 2.48 bits per heavy atom. The molecule has 3 aliphatic carbocycles. The average molecular weight is 319 g/mol. The van der Waals surface area contributed by atoms with E-state index in [0.29, 0.717) is 17.9 Å². The number of hydrogen-bond acceptors (Lipinski definition) is 2. The van der Waals surface area contributed by atoms with Gasteiger partial charge in [0.05, 0.1) is 6.10 Å². The molecule has 4 fully saturated rings. The Bertz CT molecular complexity index is 520. The second kappa shape index (κ2) is 4.97. The van der Waals surface area contributed by atoms with Crippen LogP contribution in [0.15, 0.2) is 0 Å². The summed E-state index contributed by atoms with van der Waals surface area (Å²) >= 11 is 0. The molecule has 1 N–H and O–H groups in total. The van der Waals surface area contributed by atoms with E-state index in [1.165, 1.54) is 25.7 Å². The molecule has 0 aromatic carbocycles. The quantitative estimate of drug-likeness (QED) is 0.743. The molecule has 0 aromatic heterocycles. The maximum atomic E-state index is 12.5. The van der Waals surface area contributed by atoms with Crippen molar-refractivity contribution in [3.05, 3.63) is 0 Å². The highest BCUT2D eigenvalue weighted by Gasteiger charge is 2.61. The molecule has 130 valence electrons. The molecule has 4 aliphatic rings. The van der Waals surface area contributed by atoms with Crippen molar-refractivity contribution in [2.45, 2.75) is 77.9 Å². The number of carbonyl (C=O) groups excluding carboxylic acids is 1. The van der Waals surface area contributed by atoms with Gasteiger partial charge in [0.15, 0.2) is 0 Å². The first-order valence-corrected chi connectivity index (χ1v) is 9.74. The molecule has 1 heterocycles. The predicted octanol–water partition coefficient (Wildman–Crippen LogP) is 3.46. The number of aliphatic hydroxyl groups excluding tert-OH is 1. The number of rotatable bonds is 0. The molecule has 3 nitrogen and oxygen atoms in total. The Morgan fingerprint density at radius 1 is 1.04 bits per heavy atom. The fraction of sp³-hybridized carbons (Fsp3) is 0.950. The van der Waals surface area contributed by atoms with Gasteiger partial charge in [-0.25, -0.2) is 0 Å². The summed E-state index contributed by atoms with van der Waals surface area (Å²) in [6.45, 7) is 6.94. The van der Waals surface area contributed by atoms with Crippen LogP contribution in [-0.4, -0.2) is 35.1 Å². The summed E-state index contributed by atoms with van der Waals surface area (Å²) in [4.78, 5) is 14.5. The van der Waals surface area contributed by atoms with Crippen molar-refractivity contribution in [2.24, 2.45) is 34.5 Å². The third-order valence-electron chi connectivity index (χ3n) is 8.75. The number of nitrogens with zero attached hydrogens (tertiary/aromatic N) is 1. The summed E-state index contributed by atoms with van der Waals surface area (Å²) in [5.41, 5.74) is 0.437. The van der Waals surface area contributed by atoms with Crippen LogP contribution < -0.4 is 0 Å². The third kappa shape index (κ3) is 1.95. The molecule has 0 aromatic rings. The molecular weight excluding hydrogens is 286 g/mol. The molecule has 8 atom stereocenters. The van der Waals surface area contributed by atoms with E-state index in [9.17, 15) is 9.90 Å².